The van der Waals surface area contributed by atoms with E-state index in [4.69, 9.17) is 4.98 Å². The van der Waals surface area contributed by atoms with Crippen molar-refractivity contribution in [3.8, 4) is 0 Å². The number of nitrogens with zero attached hydrogens (tertiary/aromatic N) is 4. The first-order valence-corrected chi connectivity index (χ1v) is 10.3. The predicted octanol–water partition coefficient (Wildman–Crippen LogP) is 2.99. The number of benzene rings is 1. The van der Waals surface area contributed by atoms with Gasteiger partial charge < -0.3 is 9.80 Å². The Kier molecular flexibility index (Phi) is 6.63. The number of carbonyl (C=O) groups is 1. The molecule has 2 aromatic rings. The van der Waals surface area contributed by atoms with Crippen molar-refractivity contribution in [3.05, 3.63) is 47.0 Å². The van der Waals surface area contributed by atoms with Gasteiger partial charge in [0.05, 0.1) is 5.69 Å². The number of piperazine rings is 1. The maximum atomic E-state index is 12.4. The zero-order valence-corrected chi connectivity index (χ0v) is 16.5. The van der Waals surface area contributed by atoms with Crippen molar-refractivity contribution in [1.29, 1.82) is 0 Å². The lowest BCUT2D eigenvalue weighted by Gasteiger charge is -2.34. The molecule has 3 rings (SSSR count). The van der Waals surface area contributed by atoms with Crippen molar-refractivity contribution in [2.75, 3.05) is 51.2 Å². The summed E-state index contributed by atoms with van der Waals surface area (Å²) in [4.78, 5) is 23.9. The molecule has 0 atom stereocenters. The fraction of sp³-hybridized carbons (Fsp3) is 0.500. The van der Waals surface area contributed by atoms with Crippen LogP contribution >= 0.6 is 11.3 Å². The van der Waals surface area contributed by atoms with Crippen molar-refractivity contribution < 1.29 is 4.79 Å². The molecule has 5 nitrogen and oxygen atoms in total. The minimum atomic E-state index is 0.0631. The van der Waals surface area contributed by atoms with Crippen LogP contribution in [0.3, 0.4) is 0 Å². The van der Waals surface area contributed by atoms with Crippen LogP contribution in [-0.4, -0.2) is 67.0 Å². The van der Waals surface area contributed by atoms with Gasteiger partial charge >= 0.3 is 0 Å². The van der Waals surface area contributed by atoms with E-state index < -0.39 is 0 Å². The van der Waals surface area contributed by atoms with E-state index in [2.05, 4.69) is 22.1 Å². The van der Waals surface area contributed by atoms with Gasteiger partial charge in [0.1, 0.15) is 0 Å². The number of hydrogen-bond acceptors (Lipinski definition) is 5. The Morgan fingerprint density at radius 3 is 2.62 bits per heavy atom. The first-order valence-electron chi connectivity index (χ1n) is 9.39. The summed E-state index contributed by atoms with van der Waals surface area (Å²) in [5.41, 5.74) is 1.81. The van der Waals surface area contributed by atoms with Crippen LogP contribution < -0.4 is 4.90 Å². The molecular weight excluding hydrogens is 344 g/mol. The highest BCUT2D eigenvalue weighted by atomic mass is 32.1. The van der Waals surface area contributed by atoms with Crippen LogP contribution in [0.15, 0.2) is 35.7 Å². The molecule has 1 amide bonds. The van der Waals surface area contributed by atoms with Crippen molar-refractivity contribution in [1.82, 2.24) is 14.8 Å². The maximum absolute atomic E-state index is 12.4. The van der Waals surface area contributed by atoms with E-state index in [1.165, 1.54) is 13.0 Å². The number of carbonyl (C=O) groups excluding carboxylic acids is 1. The Morgan fingerprint density at radius 1 is 1.19 bits per heavy atom. The molecule has 1 aliphatic rings. The van der Waals surface area contributed by atoms with Gasteiger partial charge in [0.2, 0.25) is 0 Å². The molecule has 6 heteroatoms. The molecule has 140 valence electrons. The summed E-state index contributed by atoms with van der Waals surface area (Å²) < 4.78 is 0. The van der Waals surface area contributed by atoms with Gasteiger partial charge in [0.15, 0.2) is 5.13 Å². The average Bonchev–Trinajstić information content (AvgIpc) is 3.16. The molecule has 0 N–H and O–H groups in total. The minimum absolute atomic E-state index is 0.0631. The molecule has 0 radical (unpaired) electrons. The second kappa shape index (κ2) is 9.14. The smallest absolute Gasteiger partial charge is 0.253 e. The SMILES string of the molecule is CCCN1CCN(c2nc(CCN(C)C(=O)c3ccccc3)cs2)CC1. The third-order valence-electron chi connectivity index (χ3n) is 4.79. The molecule has 0 saturated carbocycles. The minimum Gasteiger partial charge on any atom is -0.346 e. The summed E-state index contributed by atoms with van der Waals surface area (Å²) in [7, 11) is 1.86. The molecule has 1 aromatic heterocycles. The molecule has 1 aromatic carbocycles. The topological polar surface area (TPSA) is 39.7 Å². The van der Waals surface area contributed by atoms with Crippen molar-refractivity contribution in [3.63, 3.8) is 0 Å². The molecule has 0 unspecified atom stereocenters. The highest BCUT2D eigenvalue weighted by Gasteiger charge is 2.19. The van der Waals surface area contributed by atoms with Gasteiger partial charge in [0.25, 0.3) is 5.91 Å². The quantitative estimate of drug-likeness (QED) is 0.749. The molecule has 1 fully saturated rings. The average molecular weight is 373 g/mol. The molecule has 2 heterocycles. The van der Waals surface area contributed by atoms with Crippen LogP contribution in [0.25, 0.3) is 0 Å². The number of thiazole rings is 1. The number of aromatic nitrogens is 1. The van der Waals surface area contributed by atoms with Crippen LogP contribution in [0, 0.1) is 0 Å². The van der Waals surface area contributed by atoms with E-state index >= 15 is 0 Å². The number of likely N-dealkylation sites (N-methyl/N-ethyl adjacent to an activating group) is 1. The number of anilines is 1. The second-order valence-corrected chi connectivity index (χ2v) is 7.63. The highest BCUT2D eigenvalue weighted by Crippen LogP contribution is 2.22. The van der Waals surface area contributed by atoms with Gasteiger partial charge in [-0.2, -0.15) is 0 Å². The zero-order valence-electron chi connectivity index (χ0n) is 15.7. The molecule has 0 aliphatic carbocycles. The number of amides is 1. The molecule has 1 aliphatic heterocycles. The van der Waals surface area contributed by atoms with Gasteiger partial charge in [-0.1, -0.05) is 25.1 Å². The first kappa shape index (κ1) is 18.9. The Balaban J connectivity index is 1.49. The summed E-state index contributed by atoms with van der Waals surface area (Å²) in [6.45, 7) is 8.46. The number of rotatable bonds is 7. The van der Waals surface area contributed by atoms with E-state index in [-0.39, 0.29) is 5.91 Å². The second-order valence-electron chi connectivity index (χ2n) is 6.79. The van der Waals surface area contributed by atoms with Crippen LogP contribution in [0.1, 0.15) is 29.4 Å². The Hall–Kier alpha value is -1.92. The fourth-order valence-corrected chi connectivity index (χ4v) is 4.13. The lowest BCUT2D eigenvalue weighted by molar-refractivity contribution is 0.0796. The summed E-state index contributed by atoms with van der Waals surface area (Å²) in [5, 5.41) is 3.25. The van der Waals surface area contributed by atoms with Crippen molar-refractivity contribution in [2.24, 2.45) is 0 Å². The van der Waals surface area contributed by atoms with Gasteiger partial charge in [-0.25, -0.2) is 4.98 Å². The first-order chi connectivity index (χ1) is 12.7. The Morgan fingerprint density at radius 2 is 1.92 bits per heavy atom. The molecule has 0 spiro atoms. The maximum Gasteiger partial charge on any atom is 0.253 e. The summed E-state index contributed by atoms with van der Waals surface area (Å²) in [6, 6.07) is 9.44. The van der Waals surface area contributed by atoms with Gasteiger partial charge in [0, 0.05) is 57.1 Å². The zero-order chi connectivity index (χ0) is 18.4. The van der Waals surface area contributed by atoms with Crippen LogP contribution in [0.4, 0.5) is 5.13 Å². The van der Waals surface area contributed by atoms with Crippen molar-refractivity contribution >= 4 is 22.4 Å². The monoisotopic (exact) mass is 372 g/mol. The third-order valence-corrected chi connectivity index (χ3v) is 5.74. The Bertz CT molecular complexity index is 695. The van der Waals surface area contributed by atoms with Gasteiger partial charge in [-0.3, -0.25) is 9.69 Å². The molecule has 26 heavy (non-hydrogen) atoms. The largest absolute Gasteiger partial charge is 0.346 e. The van der Waals surface area contributed by atoms with E-state index in [0.717, 1.165) is 49.0 Å². The van der Waals surface area contributed by atoms with Gasteiger partial charge in [-0.15, -0.1) is 11.3 Å². The fourth-order valence-electron chi connectivity index (χ4n) is 3.22. The van der Waals surface area contributed by atoms with Crippen molar-refractivity contribution in [2.45, 2.75) is 19.8 Å². The highest BCUT2D eigenvalue weighted by molar-refractivity contribution is 7.13. The number of hydrogen-bond donors (Lipinski definition) is 0. The van der Waals surface area contributed by atoms with E-state index in [9.17, 15) is 4.79 Å². The van der Waals surface area contributed by atoms with E-state index in [0.29, 0.717) is 6.54 Å². The molecule has 0 bridgehead atoms. The van der Waals surface area contributed by atoms with E-state index in [1.807, 2.05) is 37.4 Å². The summed E-state index contributed by atoms with van der Waals surface area (Å²) >= 11 is 1.72. The standard InChI is InChI=1S/C20H28N4OS/c1-3-10-23-12-14-24(15-13-23)20-21-18(16-26-20)9-11-22(2)19(25)17-7-5-4-6-8-17/h4-8,16H,3,9-15H2,1-2H3. The molecular formula is C20H28N4OS. The normalized spacial score (nSPS) is 15.2. The van der Waals surface area contributed by atoms with Gasteiger partial charge in [-0.05, 0) is 25.1 Å². The third kappa shape index (κ3) is 4.83. The van der Waals surface area contributed by atoms with E-state index in [1.54, 1.807) is 16.2 Å². The lowest BCUT2D eigenvalue weighted by Crippen LogP contribution is -2.46. The summed E-state index contributed by atoms with van der Waals surface area (Å²) in [5.74, 6) is 0.0631. The molecule has 1 saturated heterocycles. The lowest BCUT2D eigenvalue weighted by atomic mass is 10.2. The Labute approximate surface area is 160 Å². The predicted molar refractivity (Wildman–Crippen MR) is 108 cm³/mol. The van der Waals surface area contributed by atoms with Crippen LogP contribution in [0.2, 0.25) is 0 Å². The van der Waals surface area contributed by atoms with Crippen LogP contribution in [0.5, 0.6) is 0 Å². The summed E-state index contributed by atoms with van der Waals surface area (Å²) in [6.07, 6.45) is 2.01. The van der Waals surface area contributed by atoms with Crippen LogP contribution in [-0.2, 0) is 6.42 Å².